The number of nitrogens with two attached hydrogens (primary N) is 2. The summed E-state index contributed by atoms with van der Waals surface area (Å²) in [6, 6.07) is 3.40. The summed E-state index contributed by atoms with van der Waals surface area (Å²) in [5.41, 5.74) is 13.7. The zero-order valence-electron chi connectivity index (χ0n) is 15.8. The number of primary amides is 1. The molecular weight excluding hydrogens is 334 g/mol. The summed E-state index contributed by atoms with van der Waals surface area (Å²) in [4.78, 5) is 27.3. The van der Waals surface area contributed by atoms with Gasteiger partial charge in [0.2, 0.25) is 11.9 Å². The third-order valence-corrected chi connectivity index (χ3v) is 3.82. The number of aromatic nitrogens is 2. The van der Waals surface area contributed by atoms with Crippen molar-refractivity contribution in [2.24, 2.45) is 5.73 Å². The minimum Gasteiger partial charge on any atom is -0.444 e. The molecule has 0 spiro atoms. The Hall–Kier alpha value is -2.77. The number of carbonyl (C=O) groups is 2. The van der Waals surface area contributed by atoms with Gasteiger partial charge in [-0.25, -0.2) is 9.78 Å². The number of benzene rings is 1. The standard InChI is InChI=1S/C18H27N5O3/c1-11-9-12(15(19)24)10-13-14(11)23(16(20)22-13)8-6-5-7-21-17(25)26-18(2,3)4/h9-10H,5-8H2,1-4H3,(H2,19,24)(H2,20,22)(H,21,25). The Labute approximate surface area is 152 Å². The molecule has 2 amide bonds. The van der Waals surface area contributed by atoms with Crippen molar-refractivity contribution in [1.82, 2.24) is 14.9 Å². The maximum atomic E-state index is 11.6. The van der Waals surface area contributed by atoms with Crippen molar-refractivity contribution < 1.29 is 14.3 Å². The van der Waals surface area contributed by atoms with Crippen molar-refractivity contribution in [3.63, 3.8) is 0 Å². The van der Waals surface area contributed by atoms with Crippen LogP contribution in [0, 0.1) is 6.92 Å². The number of ether oxygens (including phenoxy) is 1. The van der Waals surface area contributed by atoms with Gasteiger partial charge in [0, 0.05) is 18.7 Å². The predicted octanol–water partition coefficient (Wildman–Crippen LogP) is 2.33. The third-order valence-electron chi connectivity index (χ3n) is 3.82. The number of hydrogen-bond acceptors (Lipinski definition) is 5. The van der Waals surface area contributed by atoms with Crippen LogP contribution >= 0.6 is 0 Å². The van der Waals surface area contributed by atoms with E-state index in [0.29, 0.717) is 30.1 Å². The Morgan fingerprint density at radius 3 is 2.58 bits per heavy atom. The van der Waals surface area contributed by atoms with Gasteiger partial charge in [-0.1, -0.05) is 0 Å². The van der Waals surface area contributed by atoms with E-state index in [2.05, 4.69) is 10.3 Å². The van der Waals surface area contributed by atoms with Gasteiger partial charge in [-0.05, 0) is 58.2 Å². The summed E-state index contributed by atoms with van der Waals surface area (Å²) in [5.74, 6) is -0.0961. The van der Waals surface area contributed by atoms with E-state index in [1.807, 2.05) is 32.3 Å². The number of amides is 2. The summed E-state index contributed by atoms with van der Waals surface area (Å²) in [6.07, 6.45) is 1.17. The number of imidazole rings is 1. The van der Waals surface area contributed by atoms with Crippen LogP contribution in [0.25, 0.3) is 11.0 Å². The van der Waals surface area contributed by atoms with E-state index >= 15 is 0 Å². The van der Waals surface area contributed by atoms with E-state index in [1.165, 1.54) is 0 Å². The molecule has 0 bridgehead atoms. The second-order valence-electron chi connectivity index (χ2n) is 7.28. The monoisotopic (exact) mass is 361 g/mol. The molecule has 2 rings (SSSR count). The average molecular weight is 361 g/mol. The lowest BCUT2D eigenvalue weighted by atomic mass is 10.1. The second-order valence-corrected chi connectivity index (χ2v) is 7.28. The fourth-order valence-corrected chi connectivity index (χ4v) is 2.76. The first-order chi connectivity index (χ1) is 12.1. The van der Waals surface area contributed by atoms with E-state index < -0.39 is 17.6 Å². The maximum absolute atomic E-state index is 11.6. The molecule has 5 N–H and O–H groups in total. The van der Waals surface area contributed by atoms with Crippen molar-refractivity contribution in [2.75, 3.05) is 12.3 Å². The van der Waals surface area contributed by atoms with Crippen LogP contribution in [0.1, 0.15) is 49.5 Å². The number of alkyl carbamates (subject to hydrolysis) is 1. The van der Waals surface area contributed by atoms with Crippen molar-refractivity contribution in [3.05, 3.63) is 23.3 Å². The molecule has 0 fully saturated rings. The van der Waals surface area contributed by atoms with Gasteiger partial charge in [-0.3, -0.25) is 4.79 Å². The van der Waals surface area contributed by atoms with Gasteiger partial charge in [0.25, 0.3) is 0 Å². The molecule has 0 aliphatic heterocycles. The molecule has 26 heavy (non-hydrogen) atoms. The number of rotatable bonds is 6. The Kier molecular flexibility index (Phi) is 5.74. The first-order valence-corrected chi connectivity index (χ1v) is 8.61. The summed E-state index contributed by atoms with van der Waals surface area (Å²) in [6.45, 7) is 8.56. The normalized spacial score (nSPS) is 11.5. The highest BCUT2D eigenvalue weighted by Crippen LogP contribution is 2.24. The van der Waals surface area contributed by atoms with Gasteiger partial charge >= 0.3 is 6.09 Å². The van der Waals surface area contributed by atoms with E-state index in [4.69, 9.17) is 16.2 Å². The second kappa shape index (κ2) is 7.63. The predicted molar refractivity (Wildman–Crippen MR) is 101 cm³/mol. The topological polar surface area (TPSA) is 125 Å². The van der Waals surface area contributed by atoms with Crippen LogP contribution < -0.4 is 16.8 Å². The number of carbonyl (C=O) groups excluding carboxylic acids is 2. The Morgan fingerprint density at radius 1 is 1.27 bits per heavy atom. The molecule has 8 nitrogen and oxygen atoms in total. The van der Waals surface area contributed by atoms with E-state index in [-0.39, 0.29) is 0 Å². The van der Waals surface area contributed by atoms with Crippen LogP contribution in [0.15, 0.2) is 12.1 Å². The van der Waals surface area contributed by atoms with Crippen molar-refractivity contribution in [2.45, 2.75) is 52.7 Å². The lowest BCUT2D eigenvalue weighted by molar-refractivity contribution is 0.0526. The highest BCUT2D eigenvalue weighted by atomic mass is 16.6. The summed E-state index contributed by atoms with van der Waals surface area (Å²) in [7, 11) is 0. The highest BCUT2D eigenvalue weighted by molar-refractivity contribution is 5.97. The van der Waals surface area contributed by atoms with Crippen molar-refractivity contribution in [1.29, 1.82) is 0 Å². The van der Waals surface area contributed by atoms with Crippen molar-refractivity contribution >= 4 is 29.0 Å². The zero-order valence-corrected chi connectivity index (χ0v) is 15.8. The molecule has 0 radical (unpaired) electrons. The molecule has 1 aromatic heterocycles. The Bertz CT molecular complexity index is 820. The van der Waals surface area contributed by atoms with Gasteiger partial charge in [0.1, 0.15) is 5.60 Å². The van der Waals surface area contributed by atoms with Crippen LogP contribution in [0.2, 0.25) is 0 Å². The molecular formula is C18H27N5O3. The minimum atomic E-state index is -0.504. The van der Waals surface area contributed by atoms with Gasteiger partial charge in [0.05, 0.1) is 11.0 Å². The van der Waals surface area contributed by atoms with Crippen LogP contribution in [-0.2, 0) is 11.3 Å². The lowest BCUT2D eigenvalue weighted by Crippen LogP contribution is -2.33. The third kappa shape index (κ3) is 4.87. The molecule has 0 aliphatic rings. The van der Waals surface area contributed by atoms with Crippen LogP contribution in [0.3, 0.4) is 0 Å². The molecule has 0 atom stereocenters. The number of hydrogen-bond donors (Lipinski definition) is 3. The summed E-state index contributed by atoms with van der Waals surface area (Å²) < 4.78 is 7.11. The molecule has 2 aromatic rings. The maximum Gasteiger partial charge on any atom is 0.407 e. The zero-order chi connectivity index (χ0) is 19.5. The number of nitrogen functional groups attached to an aromatic ring is 1. The average Bonchev–Trinajstić information content (AvgIpc) is 2.81. The molecule has 8 heteroatoms. The molecule has 1 heterocycles. The van der Waals surface area contributed by atoms with Crippen LogP contribution in [0.4, 0.5) is 10.7 Å². The van der Waals surface area contributed by atoms with E-state index in [9.17, 15) is 9.59 Å². The molecule has 142 valence electrons. The number of aryl methyl sites for hydroxylation is 2. The first-order valence-electron chi connectivity index (χ1n) is 8.61. The number of anilines is 1. The van der Waals surface area contributed by atoms with Crippen LogP contribution in [-0.4, -0.2) is 33.7 Å². The smallest absolute Gasteiger partial charge is 0.407 e. The van der Waals surface area contributed by atoms with E-state index in [0.717, 1.165) is 23.9 Å². The van der Waals surface area contributed by atoms with Crippen molar-refractivity contribution in [3.8, 4) is 0 Å². The fourth-order valence-electron chi connectivity index (χ4n) is 2.76. The largest absolute Gasteiger partial charge is 0.444 e. The van der Waals surface area contributed by atoms with Crippen LogP contribution in [0.5, 0.6) is 0 Å². The van der Waals surface area contributed by atoms with Gasteiger partial charge in [-0.2, -0.15) is 0 Å². The number of unbranched alkanes of at least 4 members (excludes halogenated alkanes) is 1. The highest BCUT2D eigenvalue weighted by Gasteiger charge is 2.16. The molecule has 0 unspecified atom stereocenters. The van der Waals surface area contributed by atoms with Gasteiger partial charge in [0.15, 0.2) is 0 Å². The fraction of sp³-hybridized carbons (Fsp3) is 0.500. The number of fused-ring (bicyclic) bond motifs is 1. The van der Waals surface area contributed by atoms with E-state index in [1.54, 1.807) is 12.1 Å². The summed E-state index contributed by atoms with van der Waals surface area (Å²) >= 11 is 0. The van der Waals surface area contributed by atoms with Gasteiger partial charge < -0.3 is 26.1 Å². The Morgan fingerprint density at radius 2 is 1.96 bits per heavy atom. The summed E-state index contributed by atoms with van der Waals surface area (Å²) in [5, 5.41) is 2.73. The lowest BCUT2D eigenvalue weighted by Gasteiger charge is -2.19. The minimum absolute atomic E-state index is 0.393. The molecule has 0 saturated heterocycles. The first kappa shape index (κ1) is 19.6. The number of nitrogens with zero attached hydrogens (tertiary/aromatic N) is 2. The SMILES string of the molecule is Cc1cc(C(N)=O)cc2nc(N)n(CCCCNC(=O)OC(C)(C)C)c12. The van der Waals surface area contributed by atoms with Gasteiger partial charge in [-0.15, -0.1) is 0 Å². The number of nitrogens with one attached hydrogen (secondary N) is 1. The Balaban J connectivity index is 1.96. The molecule has 0 saturated carbocycles. The molecule has 0 aliphatic carbocycles. The molecule has 1 aromatic carbocycles. The quantitative estimate of drug-likeness (QED) is 0.681.